The number of hydrogen-bond donors (Lipinski definition) is 1. The first-order chi connectivity index (χ1) is 13.1. The van der Waals surface area contributed by atoms with Crippen LogP contribution in [0, 0.1) is 6.92 Å². The van der Waals surface area contributed by atoms with Crippen LogP contribution in [-0.2, 0) is 4.79 Å². The van der Waals surface area contributed by atoms with Crippen molar-refractivity contribution in [1.82, 2.24) is 9.78 Å². The number of aryl methyl sites for hydroxylation is 1. The van der Waals surface area contributed by atoms with Crippen molar-refractivity contribution < 1.29 is 9.53 Å². The smallest absolute Gasteiger partial charge is 0.238 e. The molecule has 0 saturated heterocycles. The van der Waals surface area contributed by atoms with E-state index >= 15 is 0 Å². The molecule has 2 aromatic carbocycles. The highest BCUT2D eigenvalue weighted by Gasteiger charge is 2.33. The van der Waals surface area contributed by atoms with E-state index < -0.39 is 0 Å². The molecule has 1 N–H and O–H groups in total. The van der Waals surface area contributed by atoms with Crippen molar-refractivity contribution in [1.29, 1.82) is 0 Å². The number of ether oxygens (including phenoxy) is 1. The van der Waals surface area contributed by atoms with Gasteiger partial charge < -0.3 is 10.1 Å². The number of nitrogens with zero attached hydrogens (tertiary/aromatic N) is 2. The van der Waals surface area contributed by atoms with Gasteiger partial charge in [-0.25, -0.2) is 4.68 Å². The average molecular weight is 379 g/mol. The average Bonchev–Trinajstić information content (AvgIpc) is 2.95. The number of anilines is 1. The standard InChI is InChI=1S/C21H21N3O2S/c1-13-18-19(15-9-11-17(26-3)12-10-15)27-14(2)21(25)22-20(18)24(23-13)16-7-5-4-6-8-16/h4-12,14,19H,1-3H3,(H,22,25)/t14-,19-/m1/s1. The van der Waals surface area contributed by atoms with Crippen molar-refractivity contribution in [2.45, 2.75) is 24.3 Å². The first-order valence-corrected chi connectivity index (χ1v) is 9.78. The Bertz CT molecular complexity index is 967. The largest absolute Gasteiger partial charge is 0.497 e. The number of benzene rings is 2. The lowest BCUT2D eigenvalue weighted by atomic mass is 10.0. The minimum Gasteiger partial charge on any atom is -0.497 e. The van der Waals surface area contributed by atoms with Gasteiger partial charge in [-0.15, -0.1) is 11.8 Å². The van der Waals surface area contributed by atoms with Crippen LogP contribution in [0.15, 0.2) is 54.6 Å². The van der Waals surface area contributed by atoms with Crippen LogP contribution in [0.1, 0.15) is 29.0 Å². The lowest BCUT2D eigenvalue weighted by molar-refractivity contribution is -0.115. The molecule has 1 aromatic heterocycles. The molecule has 0 radical (unpaired) electrons. The van der Waals surface area contributed by atoms with Gasteiger partial charge in [0.1, 0.15) is 11.6 Å². The van der Waals surface area contributed by atoms with Crippen LogP contribution in [0.5, 0.6) is 5.75 Å². The summed E-state index contributed by atoms with van der Waals surface area (Å²) < 4.78 is 7.12. The van der Waals surface area contributed by atoms with Crippen molar-refractivity contribution in [3.05, 3.63) is 71.4 Å². The Kier molecular flexibility index (Phi) is 4.66. The molecule has 0 unspecified atom stereocenters. The van der Waals surface area contributed by atoms with Gasteiger partial charge in [-0.3, -0.25) is 4.79 Å². The van der Waals surface area contributed by atoms with Gasteiger partial charge in [-0.1, -0.05) is 30.3 Å². The topological polar surface area (TPSA) is 56.1 Å². The molecule has 27 heavy (non-hydrogen) atoms. The zero-order chi connectivity index (χ0) is 19.0. The first-order valence-electron chi connectivity index (χ1n) is 8.83. The van der Waals surface area contributed by atoms with Gasteiger partial charge in [0.25, 0.3) is 0 Å². The van der Waals surface area contributed by atoms with Crippen molar-refractivity contribution in [2.24, 2.45) is 0 Å². The number of fused-ring (bicyclic) bond motifs is 1. The second-order valence-corrected chi connectivity index (χ2v) is 7.97. The number of rotatable bonds is 3. The van der Waals surface area contributed by atoms with Gasteiger partial charge in [0, 0.05) is 5.56 Å². The Balaban J connectivity index is 1.87. The zero-order valence-electron chi connectivity index (χ0n) is 15.5. The highest BCUT2D eigenvalue weighted by molar-refractivity contribution is 8.01. The van der Waals surface area contributed by atoms with Crippen LogP contribution in [0.4, 0.5) is 5.82 Å². The van der Waals surface area contributed by atoms with Crippen molar-refractivity contribution in [3.63, 3.8) is 0 Å². The third-order valence-electron chi connectivity index (χ3n) is 4.74. The van der Waals surface area contributed by atoms with E-state index in [9.17, 15) is 4.79 Å². The molecular formula is C21H21N3O2S. The molecule has 1 amide bonds. The molecule has 4 rings (SSSR count). The van der Waals surface area contributed by atoms with E-state index in [0.717, 1.165) is 34.1 Å². The molecule has 0 aliphatic carbocycles. The number of hydrogen-bond acceptors (Lipinski definition) is 4. The molecule has 0 fully saturated rings. The van der Waals surface area contributed by atoms with Crippen molar-refractivity contribution >= 4 is 23.5 Å². The molecule has 1 aliphatic heterocycles. The highest BCUT2D eigenvalue weighted by Crippen LogP contribution is 2.46. The van der Waals surface area contributed by atoms with Gasteiger partial charge in [-0.2, -0.15) is 5.10 Å². The van der Waals surface area contributed by atoms with Gasteiger partial charge in [0.15, 0.2) is 0 Å². The number of nitrogens with one attached hydrogen (secondary N) is 1. The van der Waals surface area contributed by atoms with Crippen LogP contribution < -0.4 is 10.1 Å². The summed E-state index contributed by atoms with van der Waals surface area (Å²) in [6.07, 6.45) is 0. The van der Waals surface area contributed by atoms with E-state index in [1.807, 2.05) is 61.0 Å². The maximum absolute atomic E-state index is 12.7. The maximum Gasteiger partial charge on any atom is 0.238 e. The SMILES string of the molecule is COc1ccc([C@H]2S[C@H](C)C(=O)Nc3c2c(C)nn3-c2ccccc2)cc1. The monoisotopic (exact) mass is 379 g/mol. The molecule has 6 heteroatoms. The second kappa shape index (κ2) is 7.12. The number of carbonyl (C=O) groups excluding carboxylic acids is 1. The summed E-state index contributed by atoms with van der Waals surface area (Å²) in [5.41, 5.74) is 4.01. The van der Waals surface area contributed by atoms with Crippen molar-refractivity contribution in [2.75, 3.05) is 12.4 Å². The molecule has 3 aromatic rings. The third-order valence-corrected chi connectivity index (χ3v) is 6.14. The molecule has 0 spiro atoms. The summed E-state index contributed by atoms with van der Waals surface area (Å²) in [7, 11) is 1.66. The van der Waals surface area contributed by atoms with E-state index in [-0.39, 0.29) is 16.4 Å². The zero-order valence-corrected chi connectivity index (χ0v) is 16.3. The van der Waals surface area contributed by atoms with E-state index in [4.69, 9.17) is 9.84 Å². The Morgan fingerprint density at radius 1 is 1.11 bits per heavy atom. The molecule has 2 heterocycles. The Labute approximate surface area is 162 Å². The van der Waals surface area contributed by atoms with Crippen LogP contribution in [0.2, 0.25) is 0 Å². The van der Waals surface area contributed by atoms with E-state index in [2.05, 4.69) is 17.4 Å². The quantitative estimate of drug-likeness (QED) is 0.735. The summed E-state index contributed by atoms with van der Waals surface area (Å²) in [4.78, 5) is 12.7. The van der Waals surface area contributed by atoms with Crippen LogP contribution >= 0.6 is 11.8 Å². The summed E-state index contributed by atoms with van der Waals surface area (Å²) >= 11 is 1.64. The second-order valence-electron chi connectivity index (χ2n) is 6.52. The lowest BCUT2D eigenvalue weighted by Gasteiger charge is -2.17. The highest BCUT2D eigenvalue weighted by atomic mass is 32.2. The summed E-state index contributed by atoms with van der Waals surface area (Å²) in [5.74, 6) is 1.56. The van der Waals surface area contributed by atoms with Gasteiger partial charge in [0.05, 0.1) is 29.0 Å². The van der Waals surface area contributed by atoms with Gasteiger partial charge in [0.2, 0.25) is 5.91 Å². The normalized spacial score (nSPS) is 19.1. The molecule has 1 aliphatic rings. The van der Waals surface area contributed by atoms with Crippen LogP contribution in [0.3, 0.4) is 0 Å². The van der Waals surface area contributed by atoms with E-state index in [0.29, 0.717) is 0 Å². The van der Waals surface area contributed by atoms with Crippen LogP contribution in [-0.4, -0.2) is 28.0 Å². The summed E-state index contributed by atoms with van der Waals surface area (Å²) in [6, 6.07) is 17.9. The predicted octanol–water partition coefficient (Wildman–Crippen LogP) is 4.35. The number of aromatic nitrogens is 2. The number of methoxy groups -OCH3 is 1. The molecular weight excluding hydrogens is 358 g/mol. The fourth-order valence-electron chi connectivity index (χ4n) is 3.31. The number of thioether (sulfide) groups is 1. The number of carbonyl (C=O) groups is 1. The number of amides is 1. The van der Waals surface area contributed by atoms with Gasteiger partial charge >= 0.3 is 0 Å². The van der Waals surface area contributed by atoms with Crippen LogP contribution in [0.25, 0.3) is 5.69 Å². The molecule has 2 atom stereocenters. The molecule has 5 nitrogen and oxygen atoms in total. The first kappa shape index (κ1) is 17.7. The Morgan fingerprint density at radius 3 is 2.48 bits per heavy atom. The summed E-state index contributed by atoms with van der Waals surface area (Å²) in [5, 5.41) is 7.67. The minimum absolute atomic E-state index is 0.00524. The lowest BCUT2D eigenvalue weighted by Crippen LogP contribution is -2.22. The van der Waals surface area contributed by atoms with Crippen molar-refractivity contribution in [3.8, 4) is 11.4 Å². The third kappa shape index (κ3) is 3.21. The predicted molar refractivity (Wildman–Crippen MR) is 109 cm³/mol. The van der Waals surface area contributed by atoms with E-state index in [1.165, 1.54) is 0 Å². The Morgan fingerprint density at radius 2 is 1.81 bits per heavy atom. The Hall–Kier alpha value is -2.73. The fourth-order valence-corrected chi connectivity index (χ4v) is 4.63. The molecule has 138 valence electrons. The minimum atomic E-state index is -0.173. The van der Waals surface area contributed by atoms with Gasteiger partial charge in [-0.05, 0) is 43.7 Å². The maximum atomic E-state index is 12.7. The summed E-state index contributed by atoms with van der Waals surface area (Å²) in [6.45, 7) is 3.94. The molecule has 0 bridgehead atoms. The molecule has 0 saturated carbocycles. The fraction of sp³-hybridized carbons (Fsp3) is 0.238. The number of para-hydroxylation sites is 1. The van der Waals surface area contributed by atoms with E-state index in [1.54, 1.807) is 18.9 Å².